The van der Waals surface area contributed by atoms with Gasteiger partial charge in [-0.1, -0.05) is 29.6 Å². The van der Waals surface area contributed by atoms with Crippen LogP contribution in [-0.2, 0) is 0 Å². The van der Waals surface area contributed by atoms with E-state index in [9.17, 15) is 5.11 Å². The van der Waals surface area contributed by atoms with Crippen LogP contribution in [0.1, 0.15) is 25.7 Å². The molecule has 0 heterocycles. The maximum absolute atomic E-state index is 9.51. The number of halogens is 2. The second-order valence-corrected chi connectivity index (χ2v) is 6.03. The number of anilines is 1. The molecule has 2 N–H and O–H groups in total. The Morgan fingerprint density at radius 1 is 1.12 bits per heavy atom. The van der Waals surface area contributed by atoms with E-state index in [4.69, 9.17) is 23.2 Å². The highest BCUT2D eigenvalue weighted by molar-refractivity contribution is 6.37. The number of hydrogen-bond donors (Lipinski definition) is 2. The molecular formula is C13H15Cl2NO. The molecule has 0 aromatic heterocycles. The molecule has 92 valence electrons. The van der Waals surface area contributed by atoms with Gasteiger partial charge in [-0.15, -0.1) is 0 Å². The van der Waals surface area contributed by atoms with Gasteiger partial charge in [0.1, 0.15) is 0 Å². The number of phenols is 1. The van der Waals surface area contributed by atoms with E-state index in [1.165, 1.54) is 25.7 Å². The van der Waals surface area contributed by atoms with Crippen LogP contribution in [0, 0.1) is 11.8 Å². The van der Waals surface area contributed by atoms with E-state index in [2.05, 4.69) is 5.32 Å². The molecule has 17 heavy (non-hydrogen) atoms. The first-order valence-electron chi connectivity index (χ1n) is 6.08. The summed E-state index contributed by atoms with van der Waals surface area (Å²) < 4.78 is 0. The first kappa shape index (κ1) is 11.5. The third-order valence-electron chi connectivity index (χ3n) is 4.11. The standard InChI is InChI=1S/C13H15Cl2NO/c14-10-5-9(6-11(15)13(10)17)16-12-4-7-1-2-8(12)3-7/h5-8,12,16-17H,1-4H2. The number of aromatic hydroxyl groups is 1. The van der Waals surface area contributed by atoms with Crippen LogP contribution >= 0.6 is 23.2 Å². The molecule has 3 rings (SSSR count). The lowest BCUT2D eigenvalue weighted by Crippen LogP contribution is -2.25. The molecule has 2 aliphatic carbocycles. The van der Waals surface area contributed by atoms with Gasteiger partial charge in [0.2, 0.25) is 0 Å². The topological polar surface area (TPSA) is 32.3 Å². The molecule has 0 amide bonds. The van der Waals surface area contributed by atoms with Gasteiger partial charge in [0, 0.05) is 11.7 Å². The summed E-state index contributed by atoms with van der Waals surface area (Å²) >= 11 is 11.8. The minimum absolute atomic E-state index is 0.0353. The predicted octanol–water partition coefficient (Wildman–Crippen LogP) is 4.30. The van der Waals surface area contributed by atoms with Gasteiger partial charge >= 0.3 is 0 Å². The normalized spacial score (nSPS) is 30.8. The van der Waals surface area contributed by atoms with E-state index in [1.54, 1.807) is 12.1 Å². The number of phenolic OH excluding ortho intramolecular Hbond substituents is 1. The minimum Gasteiger partial charge on any atom is -0.505 e. The summed E-state index contributed by atoms with van der Waals surface area (Å²) in [5.41, 5.74) is 0.912. The Morgan fingerprint density at radius 3 is 2.35 bits per heavy atom. The average Bonchev–Trinajstić information content (AvgIpc) is 2.87. The van der Waals surface area contributed by atoms with Crippen molar-refractivity contribution in [3.63, 3.8) is 0 Å². The van der Waals surface area contributed by atoms with Crippen LogP contribution in [0.25, 0.3) is 0 Å². The van der Waals surface area contributed by atoms with Gasteiger partial charge < -0.3 is 10.4 Å². The van der Waals surface area contributed by atoms with Gasteiger partial charge in [0.25, 0.3) is 0 Å². The fourth-order valence-electron chi connectivity index (χ4n) is 3.28. The third kappa shape index (κ3) is 2.09. The molecule has 0 aliphatic heterocycles. The highest BCUT2D eigenvalue weighted by Gasteiger charge is 2.39. The molecule has 1 aromatic carbocycles. The molecule has 3 unspecified atom stereocenters. The van der Waals surface area contributed by atoms with Gasteiger partial charge in [0.15, 0.2) is 5.75 Å². The van der Waals surface area contributed by atoms with Crippen molar-refractivity contribution in [2.75, 3.05) is 5.32 Å². The molecule has 2 saturated carbocycles. The number of nitrogens with one attached hydrogen (secondary N) is 1. The van der Waals surface area contributed by atoms with E-state index in [0.717, 1.165) is 17.5 Å². The zero-order chi connectivity index (χ0) is 12.0. The molecule has 1 aromatic rings. The van der Waals surface area contributed by atoms with Crippen LogP contribution in [0.3, 0.4) is 0 Å². The summed E-state index contributed by atoms with van der Waals surface area (Å²) in [5, 5.41) is 13.6. The van der Waals surface area contributed by atoms with Crippen molar-refractivity contribution in [2.45, 2.75) is 31.7 Å². The highest BCUT2D eigenvalue weighted by atomic mass is 35.5. The molecule has 2 aliphatic rings. The van der Waals surface area contributed by atoms with Crippen LogP contribution in [0.4, 0.5) is 5.69 Å². The number of benzene rings is 1. The third-order valence-corrected chi connectivity index (χ3v) is 4.68. The van der Waals surface area contributed by atoms with Crippen LogP contribution in [0.2, 0.25) is 10.0 Å². The van der Waals surface area contributed by atoms with Crippen LogP contribution in [-0.4, -0.2) is 11.1 Å². The summed E-state index contributed by atoms with van der Waals surface area (Å²) in [6.07, 6.45) is 5.33. The first-order chi connectivity index (χ1) is 8.13. The lowest BCUT2D eigenvalue weighted by Gasteiger charge is -2.24. The molecule has 3 atom stereocenters. The maximum atomic E-state index is 9.51. The summed E-state index contributed by atoms with van der Waals surface area (Å²) in [4.78, 5) is 0. The fraction of sp³-hybridized carbons (Fsp3) is 0.538. The Hall–Kier alpha value is -0.600. The Bertz CT molecular complexity index is 426. The highest BCUT2D eigenvalue weighted by Crippen LogP contribution is 2.46. The summed E-state index contributed by atoms with van der Waals surface area (Å²) in [7, 11) is 0. The quantitative estimate of drug-likeness (QED) is 0.787. The Labute approximate surface area is 111 Å². The lowest BCUT2D eigenvalue weighted by atomic mass is 9.95. The molecular weight excluding hydrogens is 257 g/mol. The zero-order valence-corrected chi connectivity index (χ0v) is 10.9. The van der Waals surface area contributed by atoms with E-state index >= 15 is 0 Å². The van der Waals surface area contributed by atoms with Crippen molar-refractivity contribution < 1.29 is 5.11 Å². The Balaban J connectivity index is 1.77. The zero-order valence-electron chi connectivity index (χ0n) is 9.42. The number of rotatable bonds is 2. The van der Waals surface area contributed by atoms with Crippen LogP contribution in [0.5, 0.6) is 5.75 Å². The first-order valence-corrected chi connectivity index (χ1v) is 6.83. The second kappa shape index (κ2) is 4.25. The van der Waals surface area contributed by atoms with Gasteiger partial charge in [-0.05, 0) is 43.2 Å². The van der Waals surface area contributed by atoms with Crippen molar-refractivity contribution >= 4 is 28.9 Å². The van der Waals surface area contributed by atoms with Gasteiger partial charge in [-0.3, -0.25) is 0 Å². The lowest BCUT2D eigenvalue weighted by molar-refractivity contribution is 0.439. The Kier molecular flexibility index (Phi) is 2.87. The predicted molar refractivity (Wildman–Crippen MR) is 71.0 cm³/mol. The smallest absolute Gasteiger partial charge is 0.152 e. The van der Waals surface area contributed by atoms with Gasteiger partial charge in [0.05, 0.1) is 10.0 Å². The maximum Gasteiger partial charge on any atom is 0.152 e. The van der Waals surface area contributed by atoms with Crippen molar-refractivity contribution in [1.29, 1.82) is 0 Å². The summed E-state index contributed by atoms with van der Waals surface area (Å²) in [6, 6.07) is 4.04. The van der Waals surface area contributed by atoms with E-state index < -0.39 is 0 Å². The molecule has 4 heteroatoms. The summed E-state index contributed by atoms with van der Waals surface area (Å²) in [5.74, 6) is 1.67. The Morgan fingerprint density at radius 2 is 1.82 bits per heavy atom. The number of hydrogen-bond acceptors (Lipinski definition) is 2. The van der Waals surface area contributed by atoms with Crippen molar-refractivity contribution in [3.8, 4) is 5.75 Å². The minimum atomic E-state index is -0.0353. The monoisotopic (exact) mass is 271 g/mol. The fourth-order valence-corrected chi connectivity index (χ4v) is 3.77. The second-order valence-electron chi connectivity index (χ2n) is 5.21. The molecule has 2 nitrogen and oxygen atoms in total. The van der Waals surface area contributed by atoms with Gasteiger partial charge in [-0.25, -0.2) is 0 Å². The van der Waals surface area contributed by atoms with E-state index in [0.29, 0.717) is 16.1 Å². The SMILES string of the molecule is Oc1c(Cl)cc(NC2CC3CCC2C3)cc1Cl. The summed E-state index contributed by atoms with van der Waals surface area (Å²) in [6.45, 7) is 0. The molecule has 2 bridgehead atoms. The van der Waals surface area contributed by atoms with E-state index in [-0.39, 0.29) is 5.75 Å². The number of fused-ring (bicyclic) bond motifs is 2. The molecule has 0 saturated heterocycles. The molecule has 0 radical (unpaired) electrons. The van der Waals surface area contributed by atoms with Crippen molar-refractivity contribution in [3.05, 3.63) is 22.2 Å². The van der Waals surface area contributed by atoms with Crippen LogP contribution in [0.15, 0.2) is 12.1 Å². The molecule has 2 fully saturated rings. The average molecular weight is 272 g/mol. The van der Waals surface area contributed by atoms with Crippen LogP contribution < -0.4 is 5.32 Å². The van der Waals surface area contributed by atoms with Gasteiger partial charge in [-0.2, -0.15) is 0 Å². The molecule has 0 spiro atoms. The largest absolute Gasteiger partial charge is 0.505 e. The van der Waals surface area contributed by atoms with Crippen molar-refractivity contribution in [1.82, 2.24) is 0 Å². The van der Waals surface area contributed by atoms with E-state index in [1.807, 2.05) is 0 Å². The van der Waals surface area contributed by atoms with Crippen molar-refractivity contribution in [2.24, 2.45) is 11.8 Å².